The van der Waals surface area contributed by atoms with Crippen molar-refractivity contribution in [3.05, 3.63) is 65.9 Å². The zero-order chi connectivity index (χ0) is 22.0. The molecule has 2 atom stereocenters. The van der Waals surface area contributed by atoms with Crippen LogP contribution in [0.3, 0.4) is 0 Å². The van der Waals surface area contributed by atoms with Gasteiger partial charge in [0, 0.05) is 48.7 Å². The van der Waals surface area contributed by atoms with E-state index >= 15 is 0 Å². The highest BCUT2D eigenvalue weighted by Gasteiger charge is 2.32. The average molecular weight is 415 g/mol. The molecule has 1 aliphatic heterocycles. The number of aliphatic hydroxyl groups is 1. The summed E-state index contributed by atoms with van der Waals surface area (Å²) < 4.78 is 1.85. The molecule has 0 saturated carbocycles. The number of hydrogen-bond donors (Lipinski definition) is 2. The summed E-state index contributed by atoms with van der Waals surface area (Å²) in [6.45, 7) is 3.55. The number of rotatable bonds is 3. The number of fused-ring (bicyclic) bond motifs is 1. The van der Waals surface area contributed by atoms with Crippen molar-refractivity contribution in [1.29, 1.82) is 0 Å². The number of benzene rings is 2. The van der Waals surface area contributed by atoms with Crippen molar-refractivity contribution in [1.82, 2.24) is 9.78 Å². The smallest absolute Gasteiger partial charge is 0.224 e. The van der Waals surface area contributed by atoms with Crippen molar-refractivity contribution in [3.8, 4) is 23.1 Å². The Morgan fingerprint density at radius 2 is 2.00 bits per heavy atom. The molecule has 4 rings (SSSR count). The van der Waals surface area contributed by atoms with E-state index in [2.05, 4.69) is 41.3 Å². The van der Waals surface area contributed by atoms with Gasteiger partial charge in [-0.1, -0.05) is 17.9 Å². The number of anilines is 2. The van der Waals surface area contributed by atoms with E-state index in [9.17, 15) is 4.79 Å². The standard InChI is InChI=1S/C25H26N4O2/c1-17-15-23(27-21-9-6-19(7-10-21)5-4-14-30)22-16-20(24-12-13-26-28(24)3)8-11-25(22)29(17)18(2)31/h6-13,16-17,23,27,30H,14-15H2,1-3H3/t17-,23+/m0/s1. The number of nitrogens with zero attached hydrogens (tertiary/aromatic N) is 3. The van der Waals surface area contributed by atoms with Gasteiger partial charge in [0.05, 0.1) is 11.7 Å². The molecular weight excluding hydrogens is 388 g/mol. The minimum atomic E-state index is -0.150. The van der Waals surface area contributed by atoms with Crippen LogP contribution in [0.1, 0.15) is 37.4 Å². The Bertz CT molecular complexity index is 1150. The lowest BCUT2D eigenvalue weighted by Gasteiger charge is -2.39. The average Bonchev–Trinajstić information content (AvgIpc) is 3.18. The molecule has 6 heteroatoms. The monoisotopic (exact) mass is 414 g/mol. The third-order valence-corrected chi connectivity index (χ3v) is 5.67. The van der Waals surface area contributed by atoms with Crippen LogP contribution in [0.25, 0.3) is 11.3 Å². The molecule has 0 aliphatic carbocycles. The first kappa shape index (κ1) is 20.7. The SMILES string of the molecule is CC(=O)N1c2ccc(-c3ccnn3C)cc2[C@H](Nc2ccc(C#CCO)cc2)C[C@@H]1C. The largest absolute Gasteiger partial charge is 0.384 e. The summed E-state index contributed by atoms with van der Waals surface area (Å²) >= 11 is 0. The number of amides is 1. The number of aryl methyl sites for hydroxylation is 1. The lowest BCUT2D eigenvalue weighted by molar-refractivity contribution is -0.117. The molecular formula is C25H26N4O2. The summed E-state index contributed by atoms with van der Waals surface area (Å²) in [6, 6.07) is 16.2. The highest BCUT2D eigenvalue weighted by Crippen LogP contribution is 2.41. The van der Waals surface area contributed by atoms with E-state index in [1.54, 1.807) is 13.1 Å². The van der Waals surface area contributed by atoms with Crippen molar-refractivity contribution >= 4 is 17.3 Å². The Morgan fingerprint density at radius 3 is 2.65 bits per heavy atom. The second kappa shape index (κ2) is 8.66. The predicted octanol–water partition coefficient (Wildman–Crippen LogP) is 3.73. The molecule has 1 aliphatic rings. The van der Waals surface area contributed by atoms with Crippen molar-refractivity contribution in [2.75, 3.05) is 16.8 Å². The lowest BCUT2D eigenvalue weighted by Crippen LogP contribution is -2.43. The van der Waals surface area contributed by atoms with Gasteiger partial charge in [0.1, 0.15) is 6.61 Å². The van der Waals surface area contributed by atoms with Crippen molar-refractivity contribution in [2.45, 2.75) is 32.4 Å². The molecule has 3 aromatic rings. The van der Waals surface area contributed by atoms with Crippen LogP contribution in [-0.2, 0) is 11.8 Å². The van der Waals surface area contributed by atoms with Crippen molar-refractivity contribution < 1.29 is 9.90 Å². The molecule has 0 unspecified atom stereocenters. The number of carbonyl (C=O) groups is 1. The first-order chi connectivity index (χ1) is 15.0. The quantitative estimate of drug-likeness (QED) is 0.641. The zero-order valence-corrected chi connectivity index (χ0v) is 18.0. The summed E-state index contributed by atoms with van der Waals surface area (Å²) in [6.07, 6.45) is 2.59. The first-order valence-electron chi connectivity index (χ1n) is 10.4. The number of aliphatic hydroxyl groups excluding tert-OH is 1. The number of carbonyl (C=O) groups excluding carboxylic acids is 1. The van der Waals surface area contributed by atoms with Crippen LogP contribution in [0.4, 0.5) is 11.4 Å². The molecule has 0 spiro atoms. The first-order valence-corrected chi connectivity index (χ1v) is 10.4. The minimum absolute atomic E-state index is 0.0484. The van der Waals surface area contributed by atoms with E-state index in [1.807, 2.05) is 53.0 Å². The van der Waals surface area contributed by atoms with Gasteiger partial charge in [-0.15, -0.1) is 0 Å². The molecule has 6 nitrogen and oxygen atoms in total. The van der Waals surface area contributed by atoms with Gasteiger partial charge >= 0.3 is 0 Å². The second-order valence-corrected chi connectivity index (χ2v) is 7.82. The molecule has 0 fully saturated rings. The summed E-state index contributed by atoms with van der Waals surface area (Å²) in [5.41, 5.74) is 5.98. The predicted molar refractivity (Wildman–Crippen MR) is 123 cm³/mol. The van der Waals surface area contributed by atoms with Gasteiger partial charge in [-0.3, -0.25) is 9.48 Å². The topological polar surface area (TPSA) is 70.4 Å². The Kier molecular flexibility index (Phi) is 5.79. The summed E-state index contributed by atoms with van der Waals surface area (Å²) in [5, 5.41) is 16.8. The Morgan fingerprint density at radius 1 is 1.23 bits per heavy atom. The maximum Gasteiger partial charge on any atom is 0.224 e. The van der Waals surface area contributed by atoms with E-state index in [0.29, 0.717) is 0 Å². The van der Waals surface area contributed by atoms with E-state index in [4.69, 9.17) is 5.11 Å². The third kappa shape index (κ3) is 4.18. The van der Waals surface area contributed by atoms with E-state index in [-0.39, 0.29) is 24.6 Å². The molecule has 2 aromatic carbocycles. The molecule has 1 aromatic heterocycles. The molecule has 0 saturated heterocycles. The van der Waals surface area contributed by atoms with Crippen LogP contribution < -0.4 is 10.2 Å². The van der Waals surface area contributed by atoms with Crippen LogP contribution in [-0.4, -0.2) is 33.4 Å². The van der Waals surface area contributed by atoms with Crippen LogP contribution in [0.5, 0.6) is 0 Å². The van der Waals surface area contributed by atoms with Crippen molar-refractivity contribution in [2.24, 2.45) is 7.05 Å². The fraction of sp³-hybridized carbons (Fsp3) is 0.280. The third-order valence-electron chi connectivity index (χ3n) is 5.67. The lowest BCUT2D eigenvalue weighted by atomic mass is 9.89. The fourth-order valence-corrected chi connectivity index (χ4v) is 4.29. The second-order valence-electron chi connectivity index (χ2n) is 7.82. The zero-order valence-electron chi connectivity index (χ0n) is 18.0. The molecule has 158 valence electrons. The van der Waals surface area contributed by atoms with Crippen LogP contribution in [0.15, 0.2) is 54.7 Å². The van der Waals surface area contributed by atoms with Gasteiger partial charge in [0.25, 0.3) is 0 Å². The van der Waals surface area contributed by atoms with E-state index in [0.717, 1.165) is 40.2 Å². The van der Waals surface area contributed by atoms with Gasteiger partial charge in [0.15, 0.2) is 0 Å². The van der Waals surface area contributed by atoms with Gasteiger partial charge in [0.2, 0.25) is 5.91 Å². The number of nitrogens with one attached hydrogen (secondary N) is 1. The van der Waals surface area contributed by atoms with Crippen LogP contribution in [0.2, 0.25) is 0 Å². The molecule has 0 radical (unpaired) electrons. The Labute approximate surface area is 182 Å². The summed E-state index contributed by atoms with van der Waals surface area (Å²) in [4.78, 5) is 14.3. The number of hydrogen-bond acceptors (Lipinski definition) is 4. The molecule has 31 heavy (non-hydrogen) atoms. The van der Waals surface area contributed by atoms with Gasteiger partial charge in [-0.2, -0.15) is 5.10 Å². The molecule has 0 bridgehead atoms. The minimum Gasteiger partial charge on any atom is -0.384 e. The fourth-order valence-electron chi connectivity index (χ4n) is 4.29. The maximum absolute atomic E-state index is 12.4. The van der Waals surface area contributed by atoms with E-state index < -0.39 is 0 Å². The van der Waals surface area contributed by atoms with Crippen molar-refractivity contribution in [3.63, 3.8) is 0 Å². The van der Waals surface area contributed by atoms with Crippen LogP contribution >= 0.6 is 0 Å². The Hall–Kier alpha value is -3.56. The van der Waals surface area contributed by atoms with Gasteiger partial charge < -0.3 is 15.3 Å². The molecule has 2 heterocycles. The van der Waals surface area contributed by atoms with Gasteiger partial charge in [-0.05, 0) is 61.4 Å². The molecule has 1 amide bonds. The van der Waals surface area contributed by atoms with Gasteiger partial charge in [-0.25, -0.2) is 0 Å². The summed E-state index contributed by atoms with van der Waals surface area (Å²) in [5.74, 6) is 5.63. The number of aromatic nitrogens is 2. The summed E-state index contributed by atoms with van der Waals surface area (Å²) in [7, 11) is 1.93. The van der Waals surface area contributed by atoms with Crippen LogP contribution in [0, 0.1) is 11.8 Å². The maximum atomic E-state index is 12.4. The molecule has 2 N–H and O–H groups in total. The Balaban J connectivity index is 1.71. The van der Waals surface area contributed by atoms with E-state index in [1.165, 1.54) is 0 Å². The highest BCUT2D eigenvalue weighted by atomic mass is 16.2. The normalized spacial score (nSPS) is 17.5. The highest BCUT2D eigenvalue weighted by molar-refractivity contribution is 5.94.